The van der Waals surface area contributed by atoms with Crippen LogP contribution in [0.4, 0.5) is 4.39 Å². The van der Waals surface area contributed by atoms with E-state index in [0.29, 0.717) is 37.0 Å². The molecule has 2 aromatic heterocycles. The number of carbonyl (C=O) groups is 1. The first-order valence-electron chi connectivity index (χ1n) is 9.25. The van der Waals surface area contributed by atoms with E-state index >= 15 is 0 Å². The molecule has 0 saturated heterocycles. The molecule has 2 heterocycles. The molecule has 7 heteroatoms. The molecule has 0 unspecified atom stereocenters. The van der Waals surface area contributed by atoms with E-state index in [4.69, 9.17) is 9.47 Å². The quantitative estimate of drug-likeness (QED) is 0.590. The number of ether oxygens (including phenoxy) is 2. The molecule has 0 spiro atoms. The molecule has 0 atom stereocenters. The van der Waals surface area contributed by atoms with E-state index in [1.54, 1.807) is 17.2 Å². The molecule has 0 aliphatic rings. The van der Waals surface area contributed by atoms with Crippen molar-refractivity contribution in [2.24, 2.45) is 0 Å². The van der Waals surface area contributed by atoms with Crippen LogP contribution in [0.5, 0.6) is 11.5 Å². The molecule has 0 aliphatic heterocycles. The maximum atomic E-state index is 13.4. The van der Waals surface area contributed by atoms with Crippen molar-refractivity contribution in [3.8, 4) is 11.5 Å². The van der Waals surface area contributed by atoms with Gasteiger partial charge in [0, 0.05) is 12.6 Å². The van der Waals surface area contributed by atoms with Crippen LogP contribution in [-0.2, 0) is 6.54 Å². The summed E-state index contributed by atoms with van der Waals surface area (Å²) in [6.07, 6.45) is 3.36. The lowest BCUT2D eigenvalue weighted by Gasteiger charge is -2.23. The number of hydrogen-bond acceptors (Lipinski definition) is 5. The Labute approximate surface area is 159 Å². The van der Waals surface area contributed by atoms with Crippen LogP contribution in [0.3, 0.4) is 0 Å². The number of nitrogens with zero attached hydrogens (tertiary/aromatic N) is 3. The van der Waals surface area contributed by atoms with Crippen LogP contribution in [0.2, 0.25) is 0 Å². The van der Waals surface area contributed by atoms with Gasteiger partial charge < -0.3 is 14.4 Å². The topological polar surface area (TPSA) is 64.6 Å². The number of carbonyl (C=O) groups excluding carboxylic acids is 1. The minimum absolute atomic E-state index is 0.0787. The molecular weight excluding hydrogens is 349 g/mol. The lowest BCUT2D eigenvalue weighted by molar-refractivity contribution is 0.0730. The highest BCUT2D eigenvalue weighted by molar-refractivity contribution is 5.92. The lowest BCUT2D eigenvalue weighted by Crippen LogP contribution is -2.32. The minimum Gasteiger partial charge on any atom is -0.492 e. The fourth-order valence-corrected chi connectivity index (χ4v) is 2.57. The maximum Gasteiger partial charge on any atom is 0.272 e. The van der Waals surface area contributed by atoms with E-state index < -0.39 is 5.95 Å². The Morgan fingerprint density at radius 3 is 2.63 bits per heavy atom. The third-order valence-corrected chi connectivity index (χ3v) is 3.86. The Morgan fingerprint density at radius 1 is 1.19 bits per heavy atom. The Morgan fingerprint density at radius 2 is 1.96 bits per heavy atom. The minimum atomic E-state index is -0.675. The smallest absolute Gasteiger partial charge is 0.272 e. The van der Waals surface area contributed by atoms with E-state index in [0.717, 1.165) is 12.8 Å². The van der Waals surface area contributed by atoms with Crippen molar-refractivity contribution in [2.45, 2.75) is 40.2 Å². The van der Waals surface area contributed by atoms with Crippen LogP contribution in [0, 0.1) is 5.95 Å². The first-order chi connectivity index (χ1) is 13.1. The van der Waals surface area contributed by atoms with E-state index in [9.17, 15) is 9.18 Å². The van der Waals surface area contributed by atoms with E-state index in [-0.39, 0.29) is 18.1 Å². The van der Waals surface area contributed by atoms with Crippen molar-refractivity contribution in [1.82, 2.24) is 14.9 Å². The molecule has 27 heavy (non-hydrogen) atoms. The lowest BCUT2D eigenvalue weighted by atomic mass is 10.2. The van der Waals surface area contributed by atoms with Gasteiger partial charge in [-0.2, -0.15) is 4.39 Å². The molecule has 0 bridgehead atoms. The molecule has 0 radical (unpaired) electrons. The fraction of sp³-hybridized carbons (Fsp3) is 0.450. The highest BCUT2D eigenvalue weighted by Crippen LogP contribution is 2.24. The highest BCUT2D eigenvalue weighted by Gasteiger charge is 2.20. The van der Waals surface area contributed by atoms with Crippen LogP contribution in [0.1, 0.15) is 49.8 Å². The largest absolute Gasteiger partial charge is 0.492 e. The number of halogens is 1. The Kier molecular flexibility index (Phi) is 7.98. The Hall–Kier alpha value is -2.70. The predicted octanol–water partition coefficient (Wildman–Crippen LogP) is 3.86. The van der Waals surface area contributed by atoms with Gasteiger partial charge in [0.1, 0.15) is 22.9 Å². The molecular formula is C20H26FN3O3. The summed E-state index contributed by atoms with van der Waals surface area (Å²) in [4.78, 5) is 22.6. The van der Waals surface area contributed by atoms with Crippen molar-refractivity contribution in [3.05, 3.63) is 47.8 Å². The average Bonchev–Trinajstić information content (AvgIpc) is 2.66. The number of pyridine rings is 2. The summed E-state index contributed by atoms with van der Waals surface area (Å²) < 4.78 is 24.6. The number of amides is 1. The number of hydrogen-bond donors (Lipinski definition) is 0. The summed E-state index contributed by atoms with van der Waals surface area (Å²) in [6.45, 7) is 7.59. The molecule has 6 nitrogen and oxygen atoms in total. The predicted molar refractivity (Wildman–Crippen MR) is 100 cm³/mol. The van der Waals surface area contributed by atoms with Gasteiger partial charge in [0.25, 0.3) is 5.91 Å². The van der Waals surface area contributed by atoms with Gasteiger partial charge >= 0.3 is 0 Å². The standard InChI is InChI=1S/C20H26FN3O3/c1-4-7-11-24(20(25)16-9-8-10-19(21)23-16)14-17-18(27-6-3)12-15(13-22-17)26-5-2/h8-10,12-13H,4-7,11,14H2,1-3H3. The highest BCUT2D eigenvalue weighted by atomic mass is 19.1. The van der Waals surface area contributed by atoms with Crippen LogP contribution in [-0.4, -0.2) is 40.5 Å². The molecule has 0 aromatic carbocycles. The summed E-state index contributed by atoms with van der Waals surface area (Å²) in [6, 6.07) is 5.99. The second kappa shape index (κ2) is 10.4. The third-order valence-electron chi connectivity index (χ3n) is 3.86. The van der Waals surface area contributed by atoms with Crippen molar-refractivity contribution in [1.29, 1.82) is 0 Å². The van der Waals surface area contributed by atoms with Crippen LogP contribution >= 0.6 is 0 Å². The van der Waals surface area contributed by atoms with Crippen LogP contribution < -0.4 is 9.47 Å². The van der Waals surface area contributed by atoms with Crippen molar-refractivity contribution in [2.75, 3.05) is 19.8 Å². The van der Waals surface area contributed by atoms with Gasteiger partial charge in [0.05, 0.1) is 26.0 Å². The van der Waals surface area contributed by atoms with Gasteiger partial charge in [-0.3, -0.25) is 9.78 Å². The van der Waals surface area contributed by atoms with Gasteiger partial charge in [-0.1, -0.05) is 19.4 Å². The number of aromatic nitrogens is 2. The zero-order valence-corrected chi connectivity index (χ0v) is 16.1. The van der Waals surface area contributed by atoms with Gasteiger partial charge in [-0.15, -0.1) is 0 Å². The summed E-state index contributed by atoms with van der Waals surface area (Å²) in [5, 5.41) is 0. The van der Waals surface area contributed by atoms with Gasteiger partial charge in [-0.25, -0.2) is 4.98 Å². The number of rotatable bonds is 10. The Balaban J connectivity index is 2.28. The van der Waals surface area contributed by atoms with Crippen molar-refractivity contribution < 1.29 is 18.7 Å². The fourth-order valence-electron chi connectivity index (χ4n) is 2.57. The molecule has 0 fully saturated rings. The summed E-state index contributed by atoms with van der Waals surface area (Å²) in [7, 11) is 0. The molecule has 2 aromatic rings. The average molecular weight is 375 g/mol. The third kappa shape index (κ3) is 5.91. The van der Waals surface area contributed by atoms with Crippen molar-refractivity contribution in [3.63, 3.8) is 0 Å². The van der Waals surface area contributed by atoms with Gasteiger partial charge in [0.2, 0.25) is 5.95 Å². The second-order valence-electron chi connectivity index (χ2n) is 5.91. The first kappa shape index (κ1) is 20.6. The zero-order chi connectivity index (χ0) is 19.6. The molecule has 0 aliphatic carbocycles. The Bertz CT molecular complexity index is 755. The monoisotopic (exact) mass is 375 g/mol. The molecule has 1 amide bonds. The first-order valence-corrected chi connectivity index (χ1v) is 9.25. The number of unbranched alkanes of at least 4 members (excludes halogenated alkanes) is 1. The summed E-state index contributed by atoms with van der Waals surface area (Å²) >= 11 is 0. The molecule has 2 rings (SSSR count). The van der Waals surface area contributed by atoms with Crippen molar-refractivity contribution >= 4 is 5.91 Å². The van der Waals surface area contributed by atoms with E-state index in [1.807, 2.05) is 20.8 Å². The molecule has 0 N–H and O–H groups in total. The van der Waals surface area contributed by atoms with Crippen LogP contribution in [0.15, 0.2) is 30.5 Å². The zero-order valence-electron chi connectivity index (χ0n) is 16.1. The molecule has 0 saturated carbocycles. The van der Waals surface area contributed by atoms with Crippen LogP contribution in [0.25, 0.3) is 0 Å². The maximum absolute atomic E-state index is 13.4. The molecule has 146 valence electrons. The van der Waals surface area contributed by atoms with E-state index in [1.165, 1.54) is 18.2 Å². The SMILES string of the molecule is CCCCN(Cc1ncc(OCC)cc1OCC)C(=O)c1cccc(F)n1. The van der Waals surface area contributed by atoms with E-state index in [2.05, 4.69) is 9.97 Å². The summed E-state index contributed by atoms with van der Waals surface area (Å²) in [5.41, 5.74) is 0.705. The second-order valence-corrected chi connectivity index (χ2v) is 5.91. The van der Waals surface area contributed by atoms with Gasteiger partial charge in [-0.05, 0) is 32.4 Å². The normalized spacial score (nSPS) is 10.5. The summed E-state index contributed by atoms with van der Waals surface area (Å²) in [5.74, 6) is 0.180. The van der Waals surface area contributed by atoms with Gasteiger partial charge in [0.15, 0.2) is 0 Å².